The van der Waals surface area contributed by atoms with Gasteiger partial charge in [0, 0.05) is 5.41 Å². The zero-order valence-corrected chi connectivity index (χ0v) is 8.02. The van der Waals surface area contributed by atoms with Gasteiger partial charge in [0.2, 0.25) is 0 Å². The molecule has 0 radical (unpaired) electrons. The van der Waals surface area contributed by atoms with Crippen LogP contribution < -0.4 is 0 Å². The fraction of sp³-hybridized carbons (Fsp3) is 0.556. The first-order valence-electron chi connectivity index (χ1n) is 4.12. The molecule has 1 aromatic heterocycles. The molecule has 0 bridgehead atoms. The van der Waals surface area contributed by atoms with Gasteiger partial charge in [-0.25, -0.2) is 0 Å². The van der Waals surface area contributed by atoms with Crippen LogP contribution in [0.5, 0.6) is 0 Å². The molecule has 1 aromatic rings. The Kier molecular flexibility index (Phi) is 1.62. The van der Waals surface area contributed by atoms with Crippen LogP contribution in [0.1, 0.15) is 31.5 Å². The highest BCUT2D eigenvalue weighted by atomic mass is 35.5. The predicted octanol–water partition coefficient (Wildman–Crippen LogP) is 2.35. The average molecular weight is 183 g/mol. The predicted molar refractivity (Wildman–Crippen MR) is 48.4 cm³/mol. The molecule has 0 atom stereocenters. The van der Waals surface area contributed by atoms with Crippen LogP contribution in [0, 0.1) is 0 Å². The molecule has 0 saturated carbocycles. The first-order valence-corrected chi connectivity index (χ1v) is 4.50. The molecular formula is C9H11ClN2. The highest BCUT2D eigenvalue weighted by Crippen LogP contribution is 2.36. The fourth-order valence-corrected chi connectivity index (χ4v) is 1.90. The second-order valence-corrected chi connectivity index (χ2v) is 4.31. The Morgan fingerprint density at radius 2 is 2.17 bits per heavy atom. The molecule has 12 heavy (non-hydrogen) atoms. The topological polar surface area (TPSA) is 25.8 Å². The van der Waals surface area contributed by atoms with Crippen molar-refractivity contribution < 1.29 is 0 Å². The van der Waals surface area contributed by atoms with E-state index in [1.165, 1.54) is 5.56 Å². The van der Waals surface area contributed by atoms with Crippen molar-refractivity contribution in [2.45, 2.75) is 32.1 Å². The number of fused-ring (bicyclic) bond motifs is 1. The lowest BCUT2D eigenvalue weighted by molar-refractivity contribution is 0.504. The summed E-state index contributed by atoms with van der Waals surface area (Å²) in [6, 6.07) is 1.93. The number of aryl methyl sites for hydroxylation is 1. The lowest BCUT2D eigenvalue weighted by Crippen LogP contribution is -2.14. The normalized spacial score (nSPS) is 19.2. The maximum Gasteiger partial charge on any atom is 0.152 e. The van der Waals surface area contributed by atoms with Crippen LogP contribution in [-0.2, 0) is 11.8 Å². The molecule has 0 spiro atoms. The quantitative estimate of drug-likeness (QED) is 0.616. The van der Waals surface area contributed by atoms with Crippen molar-refractivity contribution in [1.82, 2.24) is 10.2 Å². The van der Waals surface area contributed by atoms with Crippen molar-refractivity contribution in [3.8, 4) is 0 Å². The number of rotatable bonds is 0. The molecule has 0 unspecified atom stereocenters. The Morgan fingerprint density at radius 1 is 1.42 bits per heavy atom. The van der Waals surface area contributed by atoms with Crippen LogP contribution >= 0.6 is 11.6 Å². The number of halogens is 1. The van der Waals surface area contributed by atoms with E-state index in [1.807, 2.05) is 6.07 Å². The van der Waals surface area contributed by atoms with E-state index in [-0.39, 0.29) is 5.41 Å². The summed E-state index contributed by atoms with van der Waals surface area (Å²) in [7, 11) is 0. The van der Waals surface area contributed by atoms with E-state index >= 15 is 0 Å². The Bertz CT molecular complexity index is 320. The smallest absolute Gasteiger partial charge is 0.152 e. The second-order valence-electron chi connectivity index (χ2n) is 3.92. The van der Waals surface area contributed by atoms with Gasteiger partial charge in [0.15, 0.2) is 5.15 Å². The largest absolute Gasteiger partial charge is 0.153 e. The molecule has 2 rings (SSSR count). The highest BCUT2D eigenvalue weighted by Gasteiger charge is 2.31. The summed E-state index contributed by atoms with van der Waals surface area (Å²) in [6.45, 7) is 4.39. The summed E-state index contributed by atoms with van der Waals surface area (Å²) in [5.41, 5.74) is 2.57. The molecule has 64 valence electrons. The summed E-state index contributed by atoms with van der Waals surface area (Å²) in [5.74, 6) is 0. The van der Waals surface area contributed by atoms with Gasteiger partial charge in [-0.05, 0) is 24.5 Å². The van der Waals surface area contributed by atoms with E-state index in [2.05, 4.69) is 24.0 Å². The summed E-state index contributed by atoms with van der Waals surface area (Å²) >= 11 is 5.74. The molecule has 1 aliphatic rings. The van der Waals surface area contributed by atoms with Gasteiger partial charge in [0.05, 0.1) is 5.69 Å². The van der Waals surface area contributed by atoms with Crippen LogP contribution in [0.3, 0.4) is 0 Å². The van der Waals surface area contributed by atoms with E-state index in [0.29, 0.717) is 5.15 Å². The van der Waals surface area contributed by atoms with E-state index in [1.54, 1.807) is 0 Å². The van der Waals surface area contributed by atoms with Crippen LogP contribution in [0.25, 0.3) is 0 Å². The standard InChI is InChI=1S/C9H11ClN2/c1-9(2)4-3-6-5-7(10)11-12-8(6)9/h5H,3-4H2,1-2H3. The van der Waals surface area contributed by atoms with Gasteiger partial charge in [0.25, 0.3) is 0 Å². The lowest BCUT2D eigenvalue weighted by atomic mass is 9.91. The Labute approximate surface area is 77.0 Å². The first-order chi connectivity index (χ1) is 5.59. The molecule has 3 heteroatoms. The minimum absolute atomic E-state index is 0.187. The highest BCUT2D eigenvalue weighted by molar-refractivity contribution is 6.29. The van der Waals surface area contributed by atoms with Crippen LogP contribution in [0.15, 0.2) is 6.07 Å². The maximum atomic E-state index is 5.74. The monoisotopic (exact) mass is 182 g/mol. The van der Waals surface area contributed by atoms with E-state index in [9.17, 15) is 0 Å². The van der Waals surface area contributed by atoms with Crippen LogP contribution in [-0.4, -0.2) is 10.2 Å². The van der Waals surface area contributed by atoms with Gasteiger partial charge in [0.1, 0.15) is 0 Å². The van der Waals surface area contributed by atoms with Crippen molar-refractivity contribution in [3.05, 3.63) is 22.5 Å². The summed E-state index contributed by atoms with van der Waals surface area (Å²) < 4.78 is 0. The minimum Gasteiger partial charge on any atom is -0.153 e. The molecule has 1 aliphatic carbocycles. The van der Waals surface area contributed by atoms with Crippen molar-refractivity contribution in [2.75, 3.05) is 0 Å². The fourth-order valence-electron chi connectivity index (χ4n) is 1.73. The number of nitrogens with zero attached hydrogens (tertiary/aromatic N) is 2. The first kappa shape index (κ1) is 7.99. The maximum absolute atomic E-state index is 5.74. The van der Waals surface area contributed by atoms with Crippen LogP contribution in [0.4, 0.5) is 0 Å². The van der Waals surface area contributed by atoms with E-state index in [0.717, 1.165) is 18.5 Å². The Balaban J connectivity index is 2.55. The number of hydrogen-bond acceptors (Lipinski definition) is 2. The van der Waals surface area contributed by atoms with E-state index < -0.39 is 0 Å². The zero-order valence-electron chi connectivity index (χ0n) is 7.26. The third-order valence-corrected chi connectivity index (χ3v) is 2.69. The molecule has 0 aliphatic heterocycles. The Morgan fingerprint density at radius 3 is 2.92 bits per heavy atom. The molecule has 0 amide bonds. The molecule has 0 fully saturated rings. The molecular weight excluding hydrogens is 172 g/mol. The lowest BCUT2D eigenvalue weighted by Gasteiger charge is -2.15. The van der Waals surface area contributed by atoms with Crippen LogP contribution in [0.2, 0.25) is 5.15 Å². The third kappa shape index (κ3) is 1.11. The molecule has 1 heterocycles. The van der Waals surface area contributed by atoms with Gasteiger partial charge in [-0.15, -0.1) is 5.10 Å². The summed E-state index contributed by atoms with van der Waals surface area (Å²) in [4.78, 5) is 0. The van der Waals surface area contributed by atoms with Crippen molar-refractivity contribution in [2.24, 2.45) is 0 Å². The summed E-state index contributed by atoms with van der Waals surface area (Å²) in [5, 5.41) is 8.50. The van der Waals surface area contributed by atoms with E-state index in [4.69, 9.17) is 11.6 Å². The number of hydrogen-bond donors (Lipinski definition) is 0. The van der Waals surface area contributed by atoms with Crippen molar-refractivity contribution in [3.63, 3.8) is 0 Å². The van der Waals surface area contributed by atoms with Gasteiger partial charge in [-0.1, -0.05) is 25.4 Å². The molecule has 0 N–H and O–H groups in total. The molecule has 0 aromatic carbocycles. The average Bonchev–Trinajstić information content (AvgIpc) is 2.27. The SMILES string of the molecule is CC1(C)CCc2cc(Cl)nnc21. The van der Waals surface area contributed by atoms with Gasteiger partial charge in [-0.2, -0.15) is 5.10 Å². The zero-order chi connectivity index (χ0) is 8.77. The number of aromatic nitrogens is 2. The Hall–Kier alpha value is -0.630. The molecule has 2 nitrogen and oxygen atoms in total. The van der Waals surface area contributed by atoms with Gasteiger partial charge < -0.3 is 0 Å². The van der Waals surface area contributed by atoms with Gasteiger partial charge >= 0.3 is 0 Å². The summed E-state index contributed by atoms with van der Waals surface area (Å²) in [6.07, 6.45) is 2.23. The van der Waals surface area contributed by atoms with Gasteiger partial charge in [-0.3, -0.25) is 0 Å². The molecule has 0 saturated heterocycles. The minimum atomic E-state index is 0.187. The van der Waals surface area contributed by atoms with Crippen molar-refractivity contribution >= 4 is 11.6 Å². The third-order valence-electron chi connectivity index (χ3n) is 2.50. The van der Waals surface area contributed by atoms with Crippen molar-refractivity contribution in [1.29, 1.82) is 0 Å². The second kappa shape index (κ2) is 2.43.